The number of aliphatic hydroxyl groups is 1. The Morgan fingerprint density at radius 1 is 1.44 bits per heavy atom. The van der Waals surface area contributed by atoms with Gasteiger partial charge in [-0.2, -0.15) is 5.10 Å². The number of nitrogens with one attached hydrogen (secondary N) is 2. The maximum atomic E-state index is 12.7. The third-order valence-corrected chi connectivity index (χ3v) is 7.02. The van der Waals surface area contributed by atoms with E-state index in [0.717, 1.165) is 22.3 Å². The van der Waals surface area contributed by atoms with Gasteiger partial charge in [0.2, 0.25) is 0 Å². The van der Waals surface area contributed by atoms with Crippen LogP contribution < -0.4 is 10.5 Å². The number of carbonyl (C=O) groups excluding carboxylic acids is 1. The van der Waals surface area contributed by atoms with Crippen LogP contribution in [0, 0.1) is 0 Å². The molecule has 2 amide bonds. The second-order valence-corrected chi connectivity index (χ2v) is 9.47. The first-order chi connectivity index (χ1) is 12.6. The molecule has 1 atom stereocenters. The molecule has 0 radical (unpaired) electrons. The average Bonchev–Trinajstić information content (AvgIpc) is 3.24. The van der Waals surface area contributed by atoms with Crippen LogP contribution in [0.5, 0.6) is 0 Å². The molecule has 0 fully saturated rings. The molecule has 0 aliphatic carbocycles. The van der Waals surface area contributed by atoms with Gasteiger partial charge in [-0.15, -0.1) is 15.7 Å². The topological polar surface area (TPSA) is 146 Å². The SMILES string of the molecule is CCc1ccc2cn[nH]c2c1NC(=O)N=[S@@](N)(=O)c1cnc(C(C)(C)O)s1. The fraction of sp³-hybridized carbons (Fsp3) is 0.312. The largest absolute Gasteiger partial charge is 0.383 e. The normalized spacial score (nSPS) is 14.1. The molecule has 0 bridgehead atoms. The number of aromatic nitrogens is 3. The highest BCUT2D eigenvalue weighted by Gasteiger charge is 2.23. The van der Waals surface area contributed by atoms with Gasteiger partial charge in [-0.3, -0.25) is 5.10 Å². The van der Waals surface area contributed by atoms with E-state index < -0.39 is 21.5 Å². The predicted molar refractivity (Wildman–Crippen MR) is 105 cm³/mol. The second kappa shape index (κ2) is 7.00. The van der Waals surface area contributed by atoms with E-state index in [2.05, 4.69) is 24.9 Å². The van der Waals surface area contributed by atoms with E-state index in [1.54, 1.807) is 20.0 Å². The summed E-state index contributed by atoms with van der Waals surface area (Å²) in [6.45, 7) is 5.05. The van der Waals surface area contributed by atoms with Crippen LogP contribution in [0.3, 0.4) is 0 Å². The van der Waals surface area contributed by atoms with Crippen molar-refractivity contribution in [2.45, 2.75) is 37.0 Å². The van der Waals surface area contributed by atoms with Crippen molar-refractivity contribution in [1.82, 2.24) is 15.2 Å². The van der Waals surface area contributed by atoms with E-state index in [1.807, 2.05) is 19.1 Å². The quantitative estimate of drug-likeness (QED) is 0.524. The molecule has 0 saturated heterocycles. The molecule has 9 nitrogen and oxygen atoms in total. The Balaban J connectivity index is 1.94. The van der Waals surface area contributed by atoms with Crippen LogP contribution >= 0.6 is 11.3 Å². The zero-order valence-corrected chi connectivity index (χ0v) is 16.6. The Morgan fingerprint density at radius 2 is 2.19 bits per heavy atom. The molecule has 1 aromatic carbocycles. The van der Waals surface area contributed by atoms with Crippen molar-refractivity contribution in [3.8, 4) is 0 Å². The highest BCUT2D eigenvalue weighted by molar-refractivity contribution is 7.93. The lowest BCUT2D eigenvalue weighted by atomic mass is 10.1. The lowest BCUT2D eigenvalue weighted by Crippen LogP contribution is -2.17. The number of hydrogen-bond acceptors (Lipinski definition) is 6. The molecule has 0 saturated carbocycles. The van der Waals surface area contributed by atoms with Crippen molar-refractivity contribution >= 4 is 43.9 Å². The number of H-pyrrole nitrogens is 1. The molecular formula is C16H20N6O3S2. The standard InChI is InChI=1S/C16H20N6O3S2/c1-4-9-5-6-10-7-19-21-13(10)12(9)20-15(23)22-27(17,25)11-8-18-14(26-11)16(2,3)24/h5-8,24H,4H2,1-3H3,(H,19,21)(H3,17,20,22,23,25)/t27-/m1/s1. The lowest BCUT2D eigenvalue weighted by molar-refractivity contribution is 0.0783. The molecular weight excluding hydrogens is 388 g/mol. The number of nitrogens with two attached hydrogens (primary N) is 1. The summed E-state index contributed by atoms with van der Waals surface area (Å²) in [6.07, 6.45) is 3.58. The number of rotatable bonds is 4. The first-order valence-corrected chi connectivity index (χ1v) is 10.5. The number of aryl methyl sites for hydroxylation is 1. The molecule has 0 aliphatic heterocycles. The molecule has 3 aromatic rings. The molecule has 0 aliphatic rings. The van der Waals surface area contributed by atoms with Gasteiger partial charge in [-0.25, -0.2) is 19.1 Å². The summed E-state index contributed by atoms with van der Waals surface area (Å²) in [5.74, 6) is 0. The zero-order valence-electron chi connectivity index (χ0n) is 15.0. The number of thiazole rings is 1. The highest BCUT2D eigenvalue weighted by Crippen LogP contribution is 2.29. The number of aromatic amines is 1. The van der Waals surface area contributed by atoms with Crippen molar-refractivity contribution in [2.24, 2.45) is 9.50 Å². The summed E-state index contributed by atoms with van der Waals surface area (Å²) >= 11 is 0.955. The van der Waals surface area contributed by atoms with Crippen LogP contribution in [0.1, 0.15) is 31.3 Å². The molecule has 2 heterocycles. The Morgan fingerprint density at radius 3 is 2.81 bits per heavy atom. The molecule has 144 valence electrons. The lowest BCUT2D eigenvalue weighted by Gasteiger charge is -2.12. The van der Waals surface area contributed by atoms with Crippen LogP contribution in [0.2, 0.25) is 0 Å². The molecule has 2 aromatic heterocycles. The van der Waals surface area contributed by atoms with Crippen molar-refractivity contribution in [2.75, 3.05) is 5.32 Å². The smallest absolute Gasteiger partial charge is 0.354 e. The molecule has 5 N–H and O–H groups in total. The number of carbonyl (C=O) groups is 1. The van der Waals surface area contributed by atoms with E-state index in [0.29, 0.717) is 22.6 Å². The van der Waals surface area contributed by atoms with E-state index in [9.17, 15) is 14.1 Å². The summed E-state index contributed by atoms with van der Waals surface area (Å²) in [4.78, 5) is 16.4. The minimum absolute atomic E-state index is 0.116. The minimum Gasteiger partial charge on any atom is -0.383 e. The van der Waals surface area contributed by atoms with Crippen LogP contribution in [0.25, 0.3) is 10.9 Å². The van der Waals surface area contributed by atoms with Gasteiger partial charge in [0, 0.05) is 5.39 Å². The second-order valence-electron chi connectivity index (χ2n) is 6.42. The van der Waals surface area contributed by atoms with E-state index in [4.69, 9.17) is 5.14 Å². The van der Waals surface area contributed by atoms with E-state index in [1.165, 1.54) is 6.20 Å². The highest BCUT2D eigenvalue weighted by atomic mass is 32.2. The number of urea groups is 1. The van der Waals surface area contributed by atoms with Gasteiger partial charge in [0.25, 0.3) is 0 Å². The van der Waals surface area contributed by atoms with Crippen LogP contribution in [-0.4, -0.2) is 30.5 Å². The predicted octanol–water partition coefficient (Wildman–Crippen LogP) is 2.74. The first-order valence-electron chi connectivity index (χ1n) is 8.11. The molecule has 0 unspecified atom stereocenters. The van der Waals surface area contributed by atoms with Crippen molar-refractivity contribution < 1.29 is 14.1 Å². The van der Waals surface area contributed by atoms with Crippen molar-refractivity contribution in [3.63, 3.8) is 0 Å². The van der Waals surface area contributed by atoms with Gasteiger partial charge in [-0.05, 0) is 25.8 Å². The fourth-order valence-corrected chi connectivity index (χ4v) is 4.53. The summed E-state index contributed by atoms with van der Waals surface area (Å²) < 4.78 is 16.5. The van der Waals surface area contributed by atoms with Crippen molar-refractivity contribution in [3.05, 3.63) is 35.1 Å². The minimum atomic E-state index is -3.50. The van der Waals surface area contributed by atoms with Gasteiger partial charge in [0.1, 0.15) is 14.8 Å². The number of hydrogen-bond donors (Lipinski definition) is 4. The number of fused-ring (bicyclic) bond motifs is 1. The maximum Gasteiger partial charge on any atom is 0.354 e. The summed E-state index contributed by atoms with van der Waals surface area (Å²) in [7, 11) is -3.50. The van der Waals surface area contributed by atoms with Gasteiger partial charge in [0.15, 0.2) is 9.92 Å². The summed E-state index contributed by atoms with van der Waals surface area (Å²) in [6, 6.07) is 2.94. The van der Waals surface area contributed by atoms with E-state index in [-0.39, 0.29) is 4.21 Å². The average molecular weight is 409 g/mol. The Labute approximate surface area is 160 Å². The Hall–Kier alpha value is -2.34. The third kappa shape index (κ3) is 4.00. The van der Waals surface area contributed by atoms with Gasteiger partial charge in [0.05, 0.1) is 23.6 Å². The number of amides is 2. The summed E-state index contributed by atoms with van der Waals surface area (Å²) in [5, 5.41) is 26.4. The van der Waals surface area contributed by atoms with Crippen LogP contribution in [0.15, 0.2) is 33.1 Å². The van der Waals surface area contributed by atoms with E-state index >= 15 is 0 Å². The molecule has 27 heavy (non-hydrogen) atoms. The number of benzene rings is 1. The number of anilines is 1. The molecule has 0 spiro atoms. The monoisotopic (exact) mass is 408 g/mol. The Kier molecular flexibility index (Phi) is 5.04. The third-order valence-electron chi connectivity index (χ3n) is 3.83. The van der Waals surface area contributed by atoms with Crippen LogP contribution in [0.4, 0.5) is 10.5 Å². The van der Waals surface area contributed by atoms with Gasteiger partial charge in [-0.1, -0.05) is 19.1 Å². The number of nitrogens with zero attached hydrogens (tertiary/aromatic N) is 3. The van der Waals surface area contributed by atoms with Crippen molar-refractivity contribution in [1.29, 1.82) is 0 Å². The molecule has 11 heteroatoms. The zero-order chi connectivity index (χ0) is 19.8. The van der Waals surface area contributed by atoms with Gasteiger partial charge >= 0.3 is 6.03 Å². The molecule has 3 rings (SSSR count). The summed E-state index contributed by atoms with van der Waals surface area (Å²) in [5.41, 5.74) is 0.856. The maximum absolute atomic E-state index is 12.7. The first kappa shape index (κ1) is 19.4. The van der Waals surface area contributed by atoms with Crippen LogP contribution in [-0.2, 0) is 21.9 Å². The van der Waals surface area contributed by atoms with Gasteiger partial charge < -0.3 is 10.4 Å². The fourth-order valence-electron chi connectivity index (χ4n) is 2.47. The Bertz CT molecular complexity index is 1120.